The molecule has 0 aliphatic heterocycles. The minimum Gasteiger partial charge on any atom is -0.464 e. The second-order valence-electron chi connectivity index (χ2n) is 7.11. The molecule has 0 fully saturated rings. The molecule has 0 amide bonds. The van der Waals surface area contributed by atoms with Crippen molar-refractivity contribution in [1.29, 1.82) is 0 Å². The Bertz CT molecular complexity index is 1090. The molecule has 0 unspecified atom stereocenters. The van der Waals surface area contributed by atoms with Gasteiger partial charge in [0.25, 0.3) is 0 Å². The molecule has 40 heavy (non-hydrogen) atoms. The van der Waals surface area contributed by atoms with Gasteiger partial charge >= 0.3 is 48.3 Å². The van der Waals surface area contributed by atoms with E-state index in [0.29, 0.717) is 12.1 Å². The third-order valence-corrected chi connectivity index (χ3v) is 4.42. The average Bonchev–Trinajstić information content (AvgIpc) is 2.69. The molecule has 0 N–H and O–H groups in total. The molecule has 0 radical (unpaired) electrons. The second-order valence-corrected chi connectivity index (χ2v) is 7.11. The standard InChI is InChI=1S/C18H5F21O/c19-8(9(13(23,24)25)12(21,22)15(29,30)18(37,38)39)7(10(20)14(26,27)28)11(16(31,32)33,17(34,35)36)40-6-4-2-1-3-5-6/h1-5H. The highest BCUT2D eigenvalue weighted by molar-refractivity contribution is 5.48. The SMILES string of the molecule is FC(=C(C(F)(F)F)C(F)(F)C(F)(F)C(F)(F)F)C(=C(F)C(F)(F)F)C(Oc1ccccc1)(C(F)(F)F)C(F)(F)F. The summed E-state index contributed by atoms with van der Waals surface area (Å²) in [5.41, 5.74) is -18.4. The number of para-hydroxylation sites is 1. The molecule has 0 saturated heterocycles. The summed E-state index contributed by atoms with van der Waals surface area (Å²) in [5, 5.41) is 0. The van der Waals surface area contributed by atoms with E-state index < -0.39 is 76.9 Å². The van der Waals surface area contributed by atoms with E-state index >= 15 is 0 Å². The summed E-state index contributed by atoms with van der Waals surface area (Å²) in [6.45, 7) is 0. The van der Waals surface area contributed by atoms with E-state index in [4.69, 9.17) is 0 Å². The van der Waals surface area contributed by atoms with Crippen molar-refractivity contribution in [2.45, 2.75) is 48.3 Å². The molecule has 1 aromatic carbocycles. The minimum absolute atomic E-state index is 0.0476. The maximum absolute atomic E-state index is 14.8. The largest absolute Gasteiger partial charge is 0.464 e. The Kier molecular flexibility index (Phi) is 8.89. The summed E-state index contributed by atoms with van der Waals surface area (Å²) in [5.74, 6) is -29.3. The van der Waals surface area contributed by atoms with Gasteiger partial charge in [0, 0.05) is 0 Å². The highest BCUT2D eigenvalue weighted by atomic mass is 19.4. The summed E-state index contributed by atoms with van der Waals surface area (Å²) in [6, 6.07) is 1.48. The van der Waals surface area contributed by atoms with Gasteiger partial charge in [-0.15, -0.1) is 0 Å². The third-order valence-electron chi connectivity index (χ3n) is 4.42. The monoisotopic (exact) mass is 636 g/mol. The van der Waals surface area contributed by atoms with Crippen molar-refractivity contribution >= 4 is 0 Å². The third kappa shape index (κ3) is 6.03. The van der Waals surface area contributed by atoms with Gasteiger partial charge in [-0.2, -0.15) is 83.4 Å². The van der Waals surface area contributed by atoms with Crippen LogP contribution >= 0.6 is 0 Å². The van der Waals surface area contributed by atoms with Crippen LogP contribution in [-0.2, 0) is 0 Å². The zero-order valence-corrected chi connectivity index (χ0v) is 17.7. The summed E-state index contributed by atoms with van der Waals surface area (Å²) in [4.78, 5) is 0. The minimum atomic E-state index is -8.32. The quantitative estimate of drug-likeness (QED) is 0.224. The first kappa shape index (κ1) is 35.1. The van der Waals surface area contributed by atoms with Crippen molar-refractivity contribution in [1.82, 2.24) is 0 Å². The fraction of sp³-hybridized carbons (Fsp3) is 0.444. The number of allylic oxidation sites excluding steroid dienone is 2. The lowest BCUT2D eigenvalue weighted by atomic mass is 9.85. The number of alkyl halides is 19. The molecular formula is C18H5F21O. The fourth-order valence-corrected chi connectivity index (χ4v) is 2.72. The summed E-state index contributed by atoms with van der Waals surface area (Å²) in [6.07, 6.45) is -39.0. The predicted molar refractivity (Wildman–Crippen MR) is 86.2 cm³/mol. The smallest absolute Gasteiger partial charge is 0.460 e. The molecule has 1 aromatic rings. The van der Waals surface area contributed by atoms with Gasteiger partial charge in [0.1, 0.15) is 17.1 Å². The van der Waals surface area contributed by atoms with Crippen LogP contribution in [0.5, 0.6) is 5.75 Å². The van der Waals surface area contributed by atoms with E-state index in [0.717, 1.165) is 6.07 Å². The molecule has 0 aliphatic carbocycles. The normalized spacial score (nSPS) is 16.4. The van der Waals surface area contributed by atoms with Crippen molar-refractivity contribution in [2.75, 3.05) is 0 Å². The molecule has 0 spiro atoms. The predicted octanol–water partition coefficient (Wildman–Crippen LogP) is 9.33. The topological polar surface area (TPSA) is 9.23 Å². The molecule has 0 aliphatic rings. The zero-order valence-electron chi connectivity index (χ0n) is 17.7. The molecule has 0 atom stereocenters. The first-order chi connectivity index (χ1) is 17.4. The zero-order chi connectivity index (χ0) is 32.1. The molecule has 0 saturated carbocycles. The van der Waals surface area contributed by atoms with E-state index in [9.17, 15) is 92.2 Å². The lowest BCUT2D eigenvalue weighted by Gasteiger charge is -2.39. The van der Waals surface area contributed by atoms with Gasteiger partial charge in [0.2, 0.25) is 5.83 Å². The number of rotatable bonds is 6. The second kappa shape index (κ2) is 10.1. The maximum atomic E-state index is 14.8. The van der Waals surface area contributed by atoms with Crippen LogP contribution in [0, 0.1) is 0 Å². The van der Waals surface area contributed by atoms with Crippen molar-refractivity contribution < 1.29 is 96.9 Å². The van der Waals surface area contributed by atoms with Crippen LogP contribution < -0.4 is 4.74 Å². The first-order valence-corrected chi connectivity index (χ1v) is 9.04. The van der Waals surface area contributed by atoms with Gasteiger partial charge in [-0.25, -0.2) is 8.78 Å². The number of halogens is 21. The van der Waals surface area contributed by atoms with E-state index in [-0.39, 0.29) is 12.1 Å². The number of benzene rings is 1. The Hall–Kier alpha value is -2.97. The van der Waals surface area contributed by atoms with Crippen molar-refractivity contribution in [3.8, 4) is 5.75 Å². The molecule has 230 valence electrons. The summed E-state index contributed by atoms with van der Waals surface area (Å²) < 4.78 is 285. The molecule has 22 heteroatoms. The van der Waals surface area contributed by atoms with E-state index in [2.05, 4.69) is 4.74 Å². The molecule has 0 aromatic heterocycles. The van der Waals surface area contributed by atoms with Crippen LogP contribution in [0.1, 0.15) is 0 Å². The van der Waals surface area contributed by atoms with Gasteiger partial charge in [-0.1, -0.05) is 18.2 Å². The Morgan fingerprint density at radius 3 is 1.23 bits per heavy atom. The lowest BCUT2D eigenvalue weighted by molar-refractivity contribution is -0.352. The van der Waals surface area contributed by atoms with Crippen LogP contribution in [0.4, 0.5) is 92.2 Å². The summed E-state index contributed by atoms with van der Waals surface area (Å²) in [7, 11) is 0. The first-order valence-electron chi connectivity index (χ1n) is 9.04. The fourth-order valence-electron chi connectivity index (χ4n) is 2.72. The van der Waals surface area contributed by atoms with Crippen LogP contribution in [0.2, 0.25) is 0 Å². The Labute approximate surface area is 205 Å². The molecule has 1 nitrogen and oxygen atoms in total. The highest BCUT2D eigenvalue weighted by Gasteiger charge is 2.81. The van der Waals surface area contributed by atoms with E-state index in [1.165, 1.54) is 0 Å². The van der Waals surface area contributed by atoms with Crippen LogP contribution in [0.3, 0.4) is 0 Å². The van der Waals surface area contributed by atoms with Gasteiger partial charge in [-0.3, -0.25) is 0 Å². The number of hydrogen-bond acceptors (Lipinski definition) is 1. The van der Waals surface area contributed by atoms with Crippen molar-refractivity contribution in [3.63, 3.8) is 0 Å². The number of ether oxygens (including phenoxy) is 1. The van der Waals surface area contributed by atoms with Crippen LogP contribution in [-0.4, -0.2) is 48.3 Å². The molecule has 1 rings (SSSR count). The van der Waals surface area contributed by atoms with Gasteiger partial charge in [0.15, 0.2) is 0 Å². The van der Waals surface area contributed by atoms with Crippen LogP contribution in [0.15, 0.2) is 53.1 Å². The Morgan fingerprint density at radius 1 is 0.525 bits per heavy atom. The van der Waals surface area contributed by atoms with E-state index in [1.54, 1.807) is 0 Å². The van der Waals surface area contributed by atoms with Crippen LogP contribution in [0.25, 0.3) is 0 Å². The van der Waals surface area contributed by atoms with E-state index in [1.807, 2.05) is 0 Å². The Morgan fingerprint density at radius 2 is 0.925 bits per heavy atom. The van der Waals surface area contributed by atoms with Gasteiger partial charge in [-0.05, 0) is 12.1 Å². The highest BCUT2D eigenvalue weighted by Crippen LogP contribution is 2.59. The average molecular weight is 636 g/mol. The lowest BCUT2D eigenvalue weighted by Crippen LogP contribution is -2.63. The maximum Gasteiger partial charge on any atom is 0.460 e. The number of hydrogen-bond donors (Lipinski definition) is 0. The van der Waals surface area contributed by atoms with Gasteiger partial charge in [0.05, 0.1) is 5.57 Å². The van der Waals surface area contributed by atoms with Crippen molar-refractivity contribution in [3.05, 3.63) is 53.1 Å². The molecule has 0 bridgehead atoms. The van der Waals surface area contributed by atoms with Crippen molar-refractivity contribution in [2.24, 2.45) is 0 Å². The van der Waals surface area contributed by atoms with Gasteiger partial charge < -0.3 is 4.74 Å². The Balaban J connectivity index is 4.67. The summed E-state index contributed by atoms with van der Waals surface area (Å²) >= 11 is 0. The molecule has 0 heterocycles. The molecular weight excluding hydrogens is 631 g/mol.